The second-order valence-corrected chi connectivity index (χ2v) is 5.55. The van der Waals surface area contributed by atoms with Crippen LogP contribution in [-0.2, 0) is 9.53 Å². The Bertz CT molecular complexity index is 613. The van der Waals surface area contributed by atoms with E-state index in [0.29, 0.717) is 12.8 Å². The molecule has 1 saturated carbocycles. The van der Waals surface area contributed by atoms with E-state index in [4.69, 9.17) is 9.47 Å². The van der Waals surface area contributed by atoms with E-state index >= 15 is 0 Å². The summed E-state index contributed by atoms with van der Waals surface area (Å²) in [4.78, 5) is 33.5. The molecule has 2 unspecified atom stereocenters. The van der Waals surface area contributed by atoms with E-state index in [9.17, 15) is 24.8 Å². The van der Waals surface area contributed by atoms with Crippen LogP contribution in [0.4, 0.5) is 10.5 Å². The maximum atomic E-state index is 11.9. The van der Waals surface area contributed by atoms with Crippen molar-refractivity contribution in [1.82, 2.24) is 0 Å². The summed E-state index contributed by atoms with van der Waals surface area (Å²) in [5.41, 5.74) is -1.73. The van der Waals surface area contributed by atoms with Gasteiger partial charge in [0, 0.05) is 18.1 Å². The van der Waals surface area contributed by atoms with Gasteiger partial charge in [0.25, 0.3) is 5.69 Å². The van der Waals surface area contributed by atoms with Gasteiger partial charge in [0.15, 0.2) is 0 Å². The molecule has 1 aromatic carbocycles. The Morgan fingerprint density at radius 3 is 2.48 bits per heavy atom. The van der Waals surface area contributed by atoms with Crippen molar-refractivity contribution in [2.24, 2.45) is 5.92 Å². The zero-order valence-electron chi connectivity index (χ0n) is 12.6. The van der Waals surface area contributed by atoms with Crippen molar-refractivity contribution < 1.29 is 29.1 Å². The molecular weight excluding hydrogens is 306 g/mol. The first kappa shape index (κ1) is 16.7. The van der Waals surface area contributed by atoms with E-state index in [1.165, 1.54) is 24.3 Å². The van der Waals surface area contributed by atoms with Crippen molar-refractivity contribution in [2.45, 2.75) is 38.2 Å². The molecule has 0 spiro atoms. The van der Waals surface area contributed by atoms with Crippen molar-refractivity contribution in [3.05, 3.63) is 34.4 Å². The number of carbonyl (C=O) groups excluding carboxylic acids is 1. The van der Waals surface area contributed by atoms with E-state index in [2.05, 4.69) is 0 Å². The van der Waals surface area contributed by atoms with Crippen LogP contribution in [-0.4, -0.2) is 27.8 Å². The molecule has 1 aromatic rings. The molecule has 0 amide bonds. The topological polar surface area (TPSA) is 116 Å². The van der Waals surface area contributed by atoms with E-state index < -0.39 is 22.6 Å². The quantitative estimate of drug-likeness (QED) is 0.391. The standard InChI is InChI=1S/C15H17NO7/c1-10-4-2-3-9-15(10,13(17)18)23-14(19)22-12-7-5-11(6-8-12)16(20)21/h5-8,10H,2-4,9H2,1H3,(H,17,18). The molecule has 1 aliphatic rings. The normalized spacial score (nSPS) is 23.8. The number of hydrogen-bond acceptors (Lipinski definition) is 6. The van der Waals surface area contributed by atoms with E-state index in [1.807, 2.05) is 0 Å². The SMILES string of the molecule is CC1CCCCC1(OC(=O)Oc1ccc([N+](=O)[O-])cc1)C(=O)O. The number of nitro groups is 1. The number of rotatable bonds is 4. The zero-order chi connectivity index (χ0) is 17.0. The summed E-state index contributed by atoms with van der Waals surface area (Å²) in [7, 11) is 0. The summed E-state index contributed by atoms with van der Waals surface area (Å²) < 4.78 is 10.1. The molecule has 0 heterocycles. The van der Waals surface area contributed by atoms with Crippen LogP contribution in [0.1, 0.15) is 32.6 Å². The molecule has 2 atom stereocenters. The Balaban J connectivity index is 2.07. The van der Waals surface area contributed by atoms with Gasteiger partial charge < -0.3 is 14.6 Å². The Morgan fingerprint density at radius 1 is 1.30 bits per heavy atom. The monoisotopic (exact) mass is 323 g/mol. The van der Waals surface area contributed by atoms with Crippen LogP contribution in [0.2, 0.25) is 0 Å². The first-order valence-electron chi connectivity index (χ1n) is 7.24. The van der Waals surface area contributed by atoms with Crippen molar-refractivity contribution in [1.29, 1.82) is 0 Å². The average molecular weight is 323 g/mol. The van der Waals surface area contributed by atoms with Crippen molar-refractivity contribution >= 4 is 17.8 Å². The van der Waals surface area contributed by atoms with Gasteiger partial charge in [-0.15, -0.1) is 0 Å². The molecule has 0 radical (unpaired) electrons. The molecular formula is C15H17NO7. The van der Waals surface area contributed by atoms with Gasteiger partial charge in [-0.3, -0.25) is 10.1 Å². The van der Waals surface area contributed by atoms with Gasteiger partial charge in [0.2, 0.25) is 5.60 Å². The van der Waals surface area contributed by atoms with Crippen molar-refractivity contribution in [2.75, 3.05) is 0 Å². The van der Waals surface area contributed by atoms with E-state index in [1.54, 1.807) is 6.92 Å². The highest BCUT2D eigenvalue weighted by atomic mass is 16.7. The molecule has 0 aromatic heterocycles. The minimum absolute atomic E-state index is 0.0459. The zero-order valence-corrected chi connectivity index (χ0v) is 12.6. The third-order valence-electron chi connectivity index (χ3n) is 4.11. The number of carboxylic acid groups (broad SMARTS) is 1. The number of carboxylic acids is 1. The molecule has 0 bridgehead atoms. The Morgan fingerprint density at radius 2 is 1.96 bits per heavy atom. The van der Waals surface area contributed by atoms with Gasteiger partial charge in [0.05, 0.1) is 4.92 Å². The number of nitrogens with zero attached hydrogens (tertiary/aromatic N) is 1. The third-order valence-corrected chi connectivity index (χ3v) is 4.11. The molecule has 2 rings (SSSR count). The average Bonchev–Trinajstić information content (AvgIpc) is 2.50. The van der Waals surface area contributed by atoms with Crippen LogP contribution >= 0.6 is 0 Å². The Kier molecular flexibility index (Phi) is 4.83. The smallest absolute Gasteiger partial charge is 0.478 e. The fourth-order valence-electron chi connectivity index (χ4n) is 2.73. The number of ether oxygens (including phenoxy) is 2. The first-order valence-corrected chi connectivity index (χ1v) is 7.24. The summed E-state index contributed by atoms with van der Waals surface area (Å²) in [5, 5.41) is 20.0. The Labute approximate surface area is 132 Å². The lowest BCUT2D eigenvalue weighted by atomic mass is 9.76. The van der Waals surface area contributed by atoms with E-state index in [0.717, 1.165) is 6.42 Å². The number of benzene rings is 1. The lowest BCUT2D eigenvalue weighted by molar-refractivity contribution is -0.384. The maximum Gasteiger partial charge on any atom is 0.514 e. The fourth-order valence-corrected chi connectivity index (χ4v) is 2.73. The molecule has 8 heteroatoms. The minimum atomic E-state index is -1.59. The second kappa shape index (κ2) is 6.64. The molecule has 23 heavy (non-hydrogen) atoms. The number of aliphatic carboxylic acids is 1. The maximum absolute atomic E-state index is 11.9. The van der Waals surface area contributed by atoms with Gasteiger partial charge in [-0.2, -0.15) is 0 Å². The molecule has 124 valence electrons. The van der Waals surface area contributed by atoms with Gasteiger partial charge in [-0.25, -0.2) is 9.59 Å². The van der Waals surface area contributed by atoms with Crippen LogP contribution < -0.4 is 4.74 Å². The van der Waals surface area contributed by atoms with Crippen LogP contribution in [0, 0.1) is 16.0 Å². The van der Waals surface area contributed by atoms with E-state index in [-0.39, 0.29) is 23.8 Å². The highest BCUT2D eigenvalue weighted by Gasteiger charge is 2.49. The highest BCUT2D eigenvalue weighted by molar-refractivity contribution is 5.81. The number of hydrogen-bond donors (Lipinski definition) is 1. The summed E-state index contributed by atoms with van der Waals surface area (Å²) in [6.07, 6.45) is 1.30. The molecule has 0 saturated heterocycles. The molecule has 1 aliphatic carbocycles. The van der Waals surface area contributed by atoms with Crippen LogP contribution in [0.25, 0.3) is 0 Å². The van der Waals surface area contributed by atoms with Crippen LogP contribution in [0.3, 0.4) is 0 Å². The predicted octanol–water partition coefficient (Wildman–Crippen LogP) is 3.14. The summed E-state index contributed by atoms with van der Waals surface area (Å²) >= 11 is 0. The predicted molar refractivity (Wildman–Crippen MR) is 78.2 cm³/mol. The molecule has 1 N–H and O–H groups in total. The van der Waals surface area contributed by atoms with Gasteiger partial charge >= 0.3 is 12.1 Å². The number of carbonyl (C=O) groups is 2. The second-order valence-electron chi connectivity index (χ2n) is 5.55. The Hall–Kier alpha value is -2.64. The molecule has 1 fully saturated rings. The highest BCUT2D eigenvalue weighted by Crippen LogP contribution is 2.37. The van der Waals surface area contributed by atoms with Gasteiger partial charge in [0.1, 0.15) is 5.75 Å². The fraction of sp³-hybridized carbons (Fsp3) is 0.467. The largest absolute Gasteiger partial charge is 0.514 e. The lowest BCUT2D eigenvalue weighted by Gasteiger charge is -2.37. The van der Waals surface area contributed by atoms with Gasteiger partial charge in [-0.05, 0) is 31.4 Å². The summed E-state index contributed by atoms with van der Waals surface area (Å²) in [5.74, 6) is -1.46. The molecule has 0 aliphatic heterocycles. The molecule has 8 nitrogen and oxygen atoms in total. The summed E-state index contributed by atoms with van der Waals surface area (Å²) in [6.45, 7) is 1.73. The van der Waals surface area contributed by atoms with Crippen LogP contribution in [0.5, 0.6) is 5.75 Å². The number of nitro benzene ring substituents is 1. The van der Waals surface area contributed by atoms with Crippen molar-refractivity contribution in [3.63, 3.8) is 0 Å². The first-order chi connectivity index (χ1) is 10.8. The number of non-ortho nitro benzene ring substituents is 1. The summed E-state index contributed by atoms with van der Waals surface area (Å²) in [6, 6.07) is 4.85. The van der Waals surface area contributed by atoms with Crippen LogP contribution in [0.15, 0.2) is 24.3 Å². The van der Waals surface area contributed by atoms with Gasteiger partial charge in [-0.1, -0.05) is 13.3 Å². The lowest BCUT2D eigenvalue weighted by Crippen LogP contribution is -2.51. The minimum Gasteiger partial charge on any atom is -0.478 e. The van der Waals surface area contributed by atoms with Crippen molar-refractivity contribution in [3.8, 4) is 5.75 Å². The third kappa shape index (κ3) is 3.58.